The maximum atomic E-state index is 12.2. The summed E-state index contributed by atoms with van der Waals surface area (Å²) in [5, 5.41) is 4.60. The molecule has 104 valence electrons. The predicted molar refractivity (Wildman–Crippen MR) is 73.8 cm³/mol. The molecule has 0 bridgehead atoms. The highest BCUT2D eigenvalue weighted by molar-refractivity contribution is 5.89. The number of nitrogens with zero attached hydrogens (tertiary/aromatic N) is 2. The van der Waals surface area contributed by atoms with E-state index in [0.717, 1.165) is 18.5 Å². The van der Waals surface area contributed by atoms with Crippen molar-refractivity contribution in [3.63, 3.8) is 0 Å². The largest absolute Gasteiger partial charge is 0.329 e. The fourth-order valence-electron chi connectivity index (χ4n) is 3.12. The fourth-order valence-corrected chi connectivity index (χ4v) is 3.12. The molecule has 0 atom stereocenters. The molecule has 3 rings (SSSR count). The van der Waals surface area contributed by atoms with Crippen molar-refractivity contribution in [2.24, 2.45) is 11.1 Å². The van der Waals surface area contributed by atoms with E-state index in [0.29, 0.717) is 19.0 Å². The summed E-state index contributed by atoms with van der Waals surface area (Å²) in [5.41, 5.74) is 6.41. The number of rotatable bonds is 5. The third-order valence-electron chi connectivity index (χ3n) is 4.79. The molecule has 0 spiro atoms. The van der Waals surface area contributed by atoms with E-state index >= 15 is 0 Å². The lowest BCUT2D eigenvalue weighted by Crippen LogP contribution is -2.27. The maximum absolute atomic E-state index is 12.2. The first kappa shape index (κ1) is 12.9. The van der Waals surface area contributed by atoms with Gasteiger partial charge in [-0.25, -0.2) is 0 Å². The molecule has 2 N–H and O–H groups in total. The van der Waals surface area contributed by atoms with Crippen molar-refractivity contribution >= 4 is 5.78 Å². The number of carbonyl (C=O) groups excluding carboxylic acids is 1. The van der Waals surface area contributed by atoms with E-state index in [9.17, 15) is 4.79 Å². The first-order valence-corrected chi connectivity index (χ1v) is 7.51. The standard InChI is InChI=1S/C15H23N3O/c16-11-15(7-8-15)14(19)10-12-6-9-18(17-12)13-4-2-1-3-5-13/h6,9,13H,1-5,7-8,10-11,16H2. The Bertz CT molecular complexity index is 456. The van der Waals surface area contributed by atoms with Gasteiger partial charge in [-0.05, 0) is 31.7 Å². The van der Waals surface area contributed by atoms with Gasteiger partial charge in [-0.15, -0.1) is 0 Å². The van der Waals surface area contributed by atoms with Crippen molar-refractivity contribution < 1.29 is 4.79 Å². The van der Waals surface area contributed by atoms with E-state index in [1.807, 2.05) is 12.3 Å². The summed E-state index contributed by atoms with van der Waals surface area (Å²) in [7, 11) is 0. The minimum atomic E-state index is -0.200. The van der Waals surface area contributed by atoms with Gasteiger partial charge in [0.1, 0.15) is 5.78 Å². The Morgan fingerprint density at radius 3 is 2.74 bits per heavy atom. The summed E-state index contributed by atoms with van der Waals surface area (Å²) in [6, 6.07) is 2.54. The van der Waals surface area contributed by atoms with Crippen LogP contribution >= 0.6 is 0 Å². The zero-order valence-corrected chi connectivity index (χ0v) is 11.5. The Hall–Kier alpha value is -1.16. The first-order valence-electron chi connectivity index (χ1n) is 7.51. The van der Waals surface area contributed by atoms with Crippen molar-refractivity contribution in [2.75, 3.05) is 6.54 Å². The summed E-state index contributed by atoms with van der Waals surface area (Å²) in [4.78, 5) is 12.2. The van der Waals surface area contributed by atoms with Gasteiger partial charge < -0.3 is 5.73 Å². The normalized spacial score (nSPS) is 22.4. The van der Waals surface area contributed by atoms with E-state index in [1.54, 1.807) is 0 Å². The second kappa shape index (κ2) is 5.08. The van der Waals surface area contributed by atoms with Gasteiger partial charge in [0.05, 0.1) is 18.2 Å². The van der Waals surface area contributed by atoms with Gasteiger partial charge in [-0.2, -0.15) is 5.10 Å². The molecule has 19 heavy (non-hydrogen) atoms. The van der Waals surface area contributed by atoms with Crippen molar-refractivity contribution in [2.45, 2.75) is 57.4 Å². The number of nitrogens with two attached hydrogens (primary N) is 1. The van der Waals surface area contributed by atoms with Crippen LogP contribution in [-0.2, 0) is 11.2 Å². The fraction of sp³-hybridized carbons (Fsp3) is 0.733. The maximum Gasteiger partial charge on any atom is 0.146 e. The van der Waals surface area contributed by atoms with E-state index in [4.69, 9.17) is 5.73 Å². The number of ketones is 1. The second-order valence-electron chi connectivity index (χ2n) is 6.16. The molecular formula is C15H23N3O. The van der Waals surface area contributed by atoms with Crippen molar-refractivity contribution in [1.82, 2.24) is 9.78 Å². The Balaban J connectivity index is 1.63. The average molecular weight is 261 g/mol. The summed E-state index contributed by atoms with van der Waals surface area (Å²) in [5.74, 6) is 0.281. The molecular weight excluding hydrogens is 238 g/mol. The molecule has 0 aliphatic heterocycles. The van der Waals surface area contributed by atoms with Crippen molar-refractivity contribution in [3.8, 4) is 0 Å². The highest BCUT2D eigenvalue weighted by atomic mass is 16.1. The smallest absolute Gasteiger partial charge is 0.146 e. The third kappa shape index (κ3) is 2.59. The van der Waals surface area contributed by atoms with Crippen LogP contribution < -0.4 is 5.73 Å². The topological polar surface area (TPSA) is 60.9 Å². The van der Waals surface area contributed by atoms with Crippen LogP contribution in [0, 0.1) is 5.41 Å². The van der Waals surface area contributed by atoms with E-state index in [1.165, 1.54) is 32.1 Å². The summed E-state index contributed by atoms with van der Waals surface area (Å²) < 4.78 is 2.07. The van der Waals surface area contributed by atoms with Gasteiger partial charge in [0, 0.05) is 18.2 Å². The van der Waals surface area contributed by atoms with Gasteiger partial charge in [-0.1, -0.05) is 19.3 Å². The Morgan fingerprint density at radius 1 is 1.37 bits per heavy atom. The highest BCUT2D eigenvalue weighted by Crippen LogP contribution is 2.46. The average Bonchev–Trinajstić information content (AvgIpc) is 3.13. The van der Waals surface area contributed by atoms with Crippen LogP contribution in [0.2, 0.25) is 0 Å². The lowest BCUT2D eigenvalue weighted by Gasteiger charge is -2.21. The molecule has 0 saturated heterocycles. The molecule has 2 aliphatic carbocycles. The summed E-state index contributed by atoms with van der Waals surface area (Å²) in [6.45, 7) is 0.495. The zero-order valence-electron chi connectivity index (χ0n) is 11.5. The molecule has 2 aliphatic rings. The Kier molecular flexibility index (Phi) is 3.44. The van der Waals surface area contributed by atoms with Crippen LogP contribution in [0.1, 0.15) is 56.7 Å². The molecule has 0 aromatic carbocycles. The van der Waals surface area contributed by atoms with Gasteiger partial charge in [0.25, 0.3) is 0 Å². The van der Waals surface area contributed by atoms with Crippen LogP contribution in [0.25, 0.3) is 0 Å². The zero-order chi connectivity index (χ0) is 13.3. The lowest BCUT2D eigenvalue weighted by atomic mass is 9.96. The van der Waals surface area contributed by atoms with E-state index < -0.39 is 0 Å². The van der Waals surface area contributed by atoms with Crippen molar-refractivity contribution in [3.05, 3.63) is 18.0 Å². The van der Waals surface area contributed by atoms with Crippen LogP contribution in [0.15, 0.2) is 12.3 Å². The highest BCUT2D eigenvalue weighted by Gasteiger charge is 2.47. The van der Waals surface area contributed by atoms with Gasteiger partial charge in [-0.3, -0.25) is 9.48 Å². The third-order valence-corrected chi connectivity index (χ3v) is 4.79. The number of aromatic nitrogens is 2. The quantitative estimate of drug-likeness (QED) is 0.884. The molecule has 1 aromatic heterocycles. The lowest BCUT2D eigenvalue weighted by molar-refractivity contribution is -0.123. The van der Waals surface area contributed by atoms with Gasteiger partial charge >= 0.3 is 0 Å². The summed E-state index contributed by atoms with van der Waals surface area (Å²) >= 11 is 0. The summed E-state index contributed by atoms with van der Waals surface area (Å²) in [6.07, 6.45) is 10.8. The molecule has 0 amide bonds. The first-order chi connectivity index (χ1) is 9.23. The number of Topliss-reactive ketones (excluding diaryl/α,β-unsaturated/α-hetero) is 1. The minimum Gasteiger partial charge on any atom is -0.329 e. The number of carbonyl (C=O) groups is 1. The van der Waals surface area contributed by atoms with E-state index in [-0.39, 0.29) is 11.2 Å². The molecule has 1 heterocycles. The van der Waals surface area contributed by atoms with Crippen LogP contribution in [0.5, 0.6) is 0 Å². The van der Waals surface area contributed by atoms with Crippen LogP contribution in [-0.4, -0.2) is 22.1 Å². The van der Waals surface area contributed by atoms with E-state index in [2.05, 4.69) is 9.78 Å². The van der Waals surface area contributed by atoms with Crippen LogP contribution in [0.3, 0.4) is 0 Å². The van der Waals surface area contributed by atoms with Crippen LogP contribution in [0.4, 0.5) is 0 Å². The second-order valence-corrected chi connectivity index (χ2v) is 6.16. The SMILES string of the molecule is NCC1(C(=O)Cc2ccn(C3CCCCC3)n2)CC1. The van der Waals surface area contributed by atoms with Gasteiger partial charge in [0.2, 0.25) is 0 Å². The number of hydrogen-bond acceptors (Lipinski definition) is 3. The molecule has 4 heteroatoms. The number of hydrogen-bond donors (Lipinski definition) is 1. The monoisotopic (exact) mass is 261 g/mol. The molecule has 2 saturated carbocycles. The van der Waals surface area contributed by atoms with Crippen molar-refractivity contribution in [1.29, 1.82) is 0 Å². The molecule has 0 radical (unpaired) electrons. The molecule has 0 unspecified atom stereocenters. The predicted octanol–water partition coefficient (Wildman–Crippen LogP) is 2.24. The molecule has 1 aromatic rings. The van der Waals surface area contributed by atoms with Gasteiger partial charge in [0.15, 0.2) is 0 Å². The molecule has 4 nitrogen and oxygen atoms in total. The Morgan fingerprint density at radius 2 is 2.11 bits per heavy atom. The molecule has 2 fully saturated rings. The Labute approximate surface area is 114 Å². The minimum absolute atomic E-state index is 0.200.